The van der Waals surface area contributed by atoms with E-state index >= 15 is 0 Å². The third-order valence-electron chi connectivity index (χ3n) is 5.57. The van der Waals surface area contributed by atoms with Crippen LogP contribution in [0.4, 0.5) is 0 Å². The summed E-state index contributed by atoms with van der Waals surface area (Å²) < 4.78 is 7.19. The number of carbonyl (C=O) groups excluding carboxylic acids is 2. The zero-order valence-electron chi connectivity index (χ0n) is 14.1. The van der Waals surface area contributed by atoms with Crippen LogP contribution in [-0.4, -0.2) is 45.0 Å². The lowest BCUT2D eigenvalue weighted by atomic mass is 9.72. The highest BCUT2D eigenvalue weighted by molar-refractivity contribution is 5.83. The maximum Gasteiger partial charge on any atom is 0.314 e. The number of esters is 1. The molecule has 6 nitrogen and oxygen atoms in total. The highest BCUT2D eigenvalue weighted by atomic mass is 16.5. The van der Waals surface area contributed by atoms with Crippen molar-refractivity contribution >= 4 is 11.9 Å². The van der Waals surface area contributed by atoms with Gasteiger partial charge in [-0.25, -0.2) is 4.98 Å². The number of aryl methyl sites for hydroxylation is 1. The van der Waals surface area contributed by atoms with Gasteiger partial charge in [-0.1, -0.05) is 6.92 Å². The Hall–Kier alpha value is -1.85. The molecule has 6 heteroatoms. The molecule has 0 spiro atoms. The molecule has 0 aromatic carbocycles. The van der Waals surface area contributed by atoms with Crippen LogP contribution in [0.5, 0.6) is 0 Å². The zero-order valence-corrected chi connectivity index (χ0v) is 14.1. The summed E-state index contributed by atoms with van der Waals surface area (Å²) in [5, 5.41) is 0. The maximum absolute atomic E-state index is 12.8. The van der Waals surface area contributed by atoms with E-state index in [1.54, 1.807) is 6.20 Å². The summed E-state index contributed by atoms with van der Waals surface area (Å²) in [5.41, 5.74) is -0.515. The van der Waals surface area contributed by atoms with Crippen molar-refractivity contribution in [2.24, 2.45) is 5.41 Å². The van der Waals surface area contributed by atoms with Crippen LogP contribution in [-0.2, 0) is 20.9 Å². The van der Waals surface area contributed by atoms with Crippen LogP contribution < -0.4 is 0 Å². The molecule has 3 rings (SSSR count). The Bertz CT molecular complexity index is 612. The van der Waals surface area contributed by atoms with E-state index in [0.717, 1.165) is 31.5 Å². The highest BCUT2D eigenvalue weighted by Crippen LogP contribution is 2.52. The Labute approximate surface area is 136 Å². The van der Waals surface area contributed by atoms with Crippen LogP contribution in [0.15, 0.2) is 12.4 Å². The number of hydrogen-bond acceptors (Lipinski definition) is 4. The third-order valence-corrected chi connectivity index (χ3v) is 5.57. The van der Waals surface area contributed by atoms with Gasteiger partial charge in [0.15, 0.2) is 0 Å². The van der Waals surface area contributed by atoms with Gasteiger partial charge in [0.2, 0.25) is 5.91 Å². The Morgan fingerprint density at radius 1 is 1.39 bits per heavy atom. The molecule has 3 atom stereocenters. The second kappa shape index (κ2) is 5.98. The summed E-state index contributed by atoms with van der Waals surface area (Å²) in [6, 6.07) is 0.147. The topological polar surface area (TPSA) is 64.4 Å². The SMILES string of the molecule is CCOC(=O)[C@@]1(CC)C[C@H]2CC[C@@H]1N2C(=O)Cn1ccnc1C. The van der Waals surface area contributed by atoms with Crippen molar-refractivity contribution in [1.82, 2.24) is 14.5 Å². The second-order valence-corrected chi connectivity index (χ2v) is 6.58. The number of rotatable bonds is 5. The number of hydrogen-bond donors (Lipinski definition) is 0. The molecule has 2 saturated heterocycles. The Morgan fingerprint density at radius 2 is 2.17 bits per heavy atom. The van der Waals surface area contributed by atoms with Crippen molar-refractivity contribution in [3.63, 3.8) is 0 Å². The summed E-state index contributed by atoms with van der Waals surface area (Å²) in [5.74, 6) is 0.779. The van der Waals surface area contributed by atoms with Gasteiger partial charge in [-0.2, -0.15) is 0 Å². The van der Waals surface area contributed by atoms with Crippen molar-refractivity contribution in [2.75, 3.05) is 6.61 Å². The number of amides is 1. The molecule has 126 valence electrons. The number of ether oxygens (including phenoxy) is 1. The summed E-state index contributed by atoms with van der Waals surface area (Å²) in [6.07, 6.45) is 6.87. The molecule has 1 aromatic rings. The Kier molecular flexibility index (Phi) is 4.17. The van der Waals surface area contributed by atoms with Gasteiger partial charge in [0.25, 0.3) is 0 Å². The fraction of sp³-hybridized carbons (Fsp3) is 0.706. The van der Waals surface area contributed by atoms with Crippen LogP contribution in [0.2, 0.25) is 0 Å². The van der Waals surface area contributed by atoms with E-state index in [2.05, 4.69) is 4.98 Å². The smallest absolute Gasteiger partial charge is 0.314 e. The van der Waals surface area contributed by atoms with E-state index in [1.807, 2.05) is 36.4 Å². The minimum Gasteiger partial charge on any atom is -0.466 e. The first-order valence-corrected chi connectivity index (χ1v) is 8.49. The minimum atomic E-state index is -0.515. The zero-order chi connectivity index (χ0) is 16.6. The molecule has 0 N–H and O–H groups in total. The Balaban J connectivity index is 1.81. The van der Waals surface area contributed by atoms with E-state index in [0.29, 0.717) is 13.2 Å². The highest BCUT2D eigenvalue weighted by Gasteiger charge is 2.60. The molecule has 1 aromatic heterocycles. The van der Waals surface area contributed by atoms with Crippen molar-refractivity contribution in [3.8, 4) is 0 Å². The predicted molar refractivity (Wildman–Crippen MR) is 84.6 cm³/mol. The quantitative estimate of drug-likeness (QED) is 0.778. The molecule has 2 aliphatic rings. The number of aromatic nitrogens is 2. The van der Waals surface area contributed by atoms with Crippen LogP contribution in [0.3, 0.4) is 0 Å². The summed E-state index contributed by atoms with van der Waals surface area (Å²) in [6.45, 7) is 6.43. The lowest BCUT2D eigenvalue weighted by Crippen LogP contribution is -2.46. The fourth-order valence-electron chi connectivity index (χ4n) is 4.38. The predicted octanol–water partition coefficient (Wildman–Crippen LogP) is 1.91. The number of carbonyl (C=O) groups is 2. The van der Waals surface area contributed by atoms with Gasteiger partial charge in [0.05, 0.1) is 12.0 Å². The molecule has 0 unspecified atom stereocenters. The van der Waals surface area contributed by atoms with E-state index in [9.17, 15) is 9.59 Å². The number of fused-ring (bicyclic) bond motifs is 2. The number of imidazole rings is 1. The van der Waals surface area contributed by atoms with Crippen LogP contribution >= 0.6 is 0 Å². The average Bonchev–Trinajstić information content (AvgIpc) is 3.21. The number of nitrogens with zero attached hydrogens (tertiary/aromatic N) is 3. The third kappa shape index (κ3) is 2.44. The first-order chi connectivity index (χ1) is 11.0. The molecular formula is C17H25N3O3. The fourth-order valence-corrected chi connectivity index (χ4v) is 4.38. The van der Waals surface area contributed by atoms with E-state index in [-0.39, 0.29) is 24.0 Å². The van der Waals surface area contributed by atoms with Crippen molar-refractivity contribution in [2.45, 2.75) is 65.1 Å². The van der Waals surface area contributed by atoms with E-state index < -0.39 is 5.41 Å². The molecule has 1 amide bonds. The molecule has 2 fully saturated rings. The van der Waals surface area contributed by atoms with Gasteiger partial charge in [-0.3, -0.25) is 9.59 Å². The summed E-state index contributed by atoms with van der Waals surface area (Å²) >= 11 is 0. The molecule has 2 aliphatic heterocycles. The van der Waals surface area contributed by atoms with Crippen LogP contribution in [0.1, 0.15) is 45.4 Å². The lowest BCUT2D eigenvalue weighted by molar-refractivity contribution is -0.158. The summed E-state index contributed by atoms with van der Waals surface area (Å²) in [7, 11) is 0. The summed E-state index contributed by atoms with van der Waals surface area (Å²) in [4.78, 5) is 31.5. The van der Waals surface area contributed by atoms with Gasteiger partial charge >= 0.3 is 5.97 Å². The van der Waals surface area contributed by atoms with Gasteiger partial charge in [0.1, 0.15) is 12.4 Å². The van der Waals surface area contributed by atoms with Gasteiger partial charge in [0, 0.05) is 24.5 Å². The van der Waals surface area contributed by atoms with E-state index in [1.165, 1.54) is 0 Å². The normalized spacial score (nSPS) is 29.1. The first kappa shape index (κ1) is 16.0. The second-order valence-electron chi connectivity index (χ2n) is 6.58. The first-order valence-electron chi connectivity index (χ1n) is 8.49. The minimum absolute atomic E-state index is 0.0205. The average molecular weight is 319 g/mol. The Morgan fingerprint density at radius 3 is 2.78 bits per heavy atom. The monoisotopic (exact) mass is 319 g/mol. The maximum atomic E-state index is 12.8. The molecule has 3 heterocycles. The molecule has 0 saturated carbocycles. The van der Waals surface area contributed by atoms with Gasteiger partial charge in [-0.05, 0) is 39.5 Å². The molecule has 23 heavy (non-hydrogen) atoms. The van der Waals surface area contributed by atoms with Crippen LogP contribution in [0, 0.1) is 12.3 Å². The molecule has 0 aliphatic carbocycles. The van der Waals surface area contributed by atoms with Gasteiger partial charge < -0.3 is 14.2 Å². The van der Waals surface area contributed by atoms with Gasteiger partial charge in [-0.15, -0.1) is 0 Å². The van der Waals surface area contributed by atoms with E-state index in [4.69, 9.17) is 4.74 Å². The molecule has 2 bridgehead atoms. The van der Waals surface area contributed by atoms with Crippen LogP contribution in [0.25, 0.3) is 0 Å². The lowest BCUT2D eigenvalue weighted by Gasteiger charge is -2.34. The largest absolute Gasteiger partial charge is 0.466 e. The molecular weight excluding hydrogens is 294 g/mol. The standard InChI is InChI=1S/C17H25N3O3/c1-4-17(16(22)23-5-2)10-13-6-7-14(17)20(13)15(21)11-19-9-8-18-12(19)3/h8-9,13-14H,4-7,10-11H2,1-3H3/t13-,14+,17+/m1/s1. The van der Waals surface area contributed by atoms with Crippen molar-refractivity contribution < 1.29 is 14.3 Å². The molecule has 0 radical (unpaired) electrons. The van der Waals surface area contributed by atoms with Crippen molar-refractivity contribution in [1.29, 1.82) is 0 Å². The van der Waals surface area contributed by atoms with Crippen molar-refractivity contribution in [3.05, 3.63) is 18.2 Å².